The second kappa shape index (κ2) is 5.27. The molecule has 0 spiro atoms. The van der Waals surface area contributed by atoms with Crippen LogP contribution >= 0.6 is 0 Å². The zero-order valence-electron chi connectivity index (χ0n) is 11.0. The molecular formula is C17H22O. The first-order chi connectivity index (χ1) is 8.88. The maximum atomic E-state index is 9.27. The van der Waals surface area contributed by atoms with Crippen molar-refractivity contribution in [3.63, 3.8) is 0 Å². The summed E-state index contributed by atoms with van der Waals surface area (Å²) >= 11 is 0. The molecule has 0 heterocycles. The highest BCUT2D eigenvalue weighted by atomic mass is 16.3. The minimum absolute atomic E-state index is 0.153. The maximum absolute atomic E-state index is 9.27. The molecule has 0 amide bonds. The summed E-state index contributed by atoms with van der Waals surface area (Å²) < 4.78 is 0. The zero-order chi connectivity index (χ0) is 12.4. The molecule has 96 valence electrons. The number of rotatable bonds is 3. The summed E-state index contributed by atoms with van der Waals surface area (Å²) in [5, 5.41) is 9.27. The quantitative estimate of drug-likeness (QED) is 0.837. The molecule has 1 nitrogen and oxygen atoms in total. The fraction of sp³-hybridized carbons (Fsp3) is 0.529. The van der Waals surface area contributed by atoms with E-state index in [9.17, 15) is 5.11 Å². The van der Waals surface area contributed by atoms with Crippen LogP contribution in [-0.2, 0) is 6.61 Å². The smallest absolute Gasteiger partial charge is 0.0682 e. The van der Waals surface area contributed by atoms with Gasteiger partial charge in [0.15, 0.2) is 0 Å². The van der Waals surface area contributed by atoms with Crippen molar-refractivity contribution in [2.45, 2.75) is 51.6 Å². The molecule has 0 aromatic heterocycles. The summed E-state index contributed by atoms with van der Waals surface area (Å²) in [4.78, 5) is 0. The van der Waals surface area contributed by atoms with Crippen LogP contribution in [0.15, 0.2) is 29.8 Å². The molecule has 3 rings (SSSR count). The van der Waals surface area contributed by atoms with Gasteiger partial charge in [0.2, 0.25) is 0 Å². The molecule has 2 aliphatic rings. The first-order valence-corrected chi connectivity index (χ1v) is 7.30. The molecule has 18 heavy (non-hydrogen) atoms. The van der Waals surface area contributed by atoms with Gasteiger partial charge in [0.05, 0.1) is 6.61 Å². The maximum Gasteiger partial charge on any atom is 0.0682 e. The molecule has 1 heteroatoms. The van der Waals surface area contributed by atoms with E-state index < -0.39 is 0 Å². The number of hydrogen-bond donors (Lipinski definition) is 1. The second-order valence-corrected chi connectivity index (χ2v) is 5.70. The number of benzene rings is 1. The molecule has 1 saturated carbocycles. The Morgan fingerprint density at radius 3 is 2.67 bits per heavy atom. The molecule has 1 aromatic rings. The Morgan fingerprint density at radius 2 is 1.89 bits per heavy atom. The van der Waals surface area contributed by atoms with Crippen molar-refractivity contribution in [3.8, 4) is 0 Å². The van der Waals surface area contributed by atoms with Crippen LogP contribution in [0, 0.1) is 5.92 Å². The van der Waals surface area contributed by atoms with Crippen LogP contribution in [0.5, 0.6) is 0 Å². The van der Waals surface area contributed by atoms with Gasteiger partial charge in [-0.1, -0.05) is 36.6 Å². The summed E-state index contributed by atoms with van der Waals surface area (Å²) in [5.41, 5.74) is 5.73. The third-order valence-electron chi connectivity index (χ3n) is 4.57. The van der Waals surface area contributed by atoms with Crippen molar-refractivity contribution in [2.24, 2.45) is 5.92 Å². The van der Waals surface area contributed by atoms with E-state index in [1.54, 1.807) is 11.1 Å². The fourth-order valence-corrected chi connectivity index (χ4v) is 3.68. The van der Waals surface area contributed by atoms with E-state index in [1.807, 2.05) is 6.07 Å². The van der Waals surface area contributed by atoms with Crippen LogP contribution in [0.4, 0.5) is 0 Å². The number of aliphatic hydroxyl groups is 1. The summed E-state index contributed by atoms with van der Waals surface area (Å²) in [6.07, 6.45) is 9.50. The van der Waals surface area contributed by atoms with Gasteiger partial charge in [-0.25, -0.2) is 0 Å². The van der Waals surface area contributed by atoms with Gasteiger partial charge in [0.1, 0.15) is 0 Å². The molecule has 2 aliphatic carbocycles. The van der Waals surface area contributed by atoms with Crippen LogP contribution in [-0.4, -0.2) is 5.11 Å². The van der Waals surface area contributed by atoms with Gasteiger partial charge in [0.25, 0.3) is 0 Å². The molecule has 1 fully saturated rings. The SMILES string of the molecule is OCc1cccc(C2=C(C3CCCC3)CCC2)c1. The van der Waals surface area contributed by atoms with E-state index in [2.05, 4.69) is 18.2 Å². The lowest BCUT2D eigenvalue weighted by Crippen LogP contribution is -1.98. The Labute approximate surface area is 110 Å². The lowest BCUT2D eigenvalue weighted by Gasteiger charge is -2.15. The van der Waals surface area contributed by atoms with E-state index in [-0.39, 0.29) is 6.61 Å². The minimum atomic E-state index is 0.153. The molecule has 0 saturated heterocycles. The molecule has 1 N–H and O–H groups in total. The highest BCUT2D eigenvalue weighted by molar-refractivity contribution is 5.71. The number of hydrogen-bond acceptors (Lipinski definition) is 1. The Balaban J connectivity index is 1.94. The normalized spacial score (nSPS) is 20.9. The van der Waals surface area contributed by atoms with Gasteiger partial charge in [-0.2, -0.15) is 0 Å². The molecule has 1 aromatic carbocycles. The summed E-state index contributed by atoms with van der Waals surface area (Å²) in [7, 11) is 0. The zero-order valence-corrected chi connectivity index (χ0v) is 11.0. The molecule has 0 bridgehead atoms. The van der Waals surface area contributed by atoms with Crippen molar-refractivity contribution >= 4 is 5.57 Å². The standard InChI is InChI=1S/C17H22O/c18-12-13-5-3-8-15(11-13)17-10-4-9-16(17)14-6-1-2-7-14/h3,5,8,11,14,18H,1-2,4,6-7,9-10,12H2. The van der Waals surface area contributed by atoms with Crippen molar-refractivity contribution in [1.29, 1.82) is 0 Å². The largest absolute Gasteiger partial charge is 0.392 e. The Bertz CT molecular complexity index is 452. The molecule has 0 radical (unpaired) electrons. The van der Waals surface area contributed by atoms with Crippen LogP contribution < -0.4 is 0 Å². The third kappa shape index (κ3) is 2.24. The molecular weight excluding hydrogens is 220 g/mol. The Morgan fingerprint density at radius 1 is 1.06 bits per heavy atom. The van der Waals surface area contributed by atoms with Crippen LogP contribution in [0.2, 0.25) is 0 Å². The van der Waals surface area contributed by atoms with Gasteiger partial charge >= 0.3 is 0 Å². The van der Waals surface area contributed by atoms with Crippen molar-refractivity contribution in [2.75, 3.05) is 0 Å². The van der Waals surface area contributed by atoms with Gasteiger partial charge in [-0.3, -0.25) is 0 Å². The summed E-state index contributed by atoms with van der Waals surface area (Å²) in [6, 6.07) is 8.48. The van der Waals surface area contributed by atoms with E-state index >= 15 is 0 Å². The van der Waals surface area contributed by atoms with Gasteiger partial charge in [-0.15, -0.1) is 0 Å². The highest BCUT2D eigenvalue weighted by Crippen LogP contribution is 2.43. The Kier molecular flexibility index (Phi) is 3.51. The van der Waals surface area contributed by atoms with Crippen LogP contribution in [0.3, 0.4) is 0 Å². The average molecular weight is 242 g/mol. The van der Waals surface area contributed by atoms with E-state index in [1.165, 1.54) is 50.5 Å². The predicted molar refractivity (Wildman–Crippen MR) is 75.1 cm³/mol. The average Bonchev–Trinajstić information content (AvgIpc) is 3.09. The van der Waals surface area contributed by atoms with Crippen LogP contribution in [0.25, 0.3) is 5.57 Å². The van der Waals surface area contributed by atoms with Gasteiger partial charge < -0.3 is 5.11 Å². The first-order valence-electron chi connectivity index (χ1n) is 7.30. The predicted octanol–water partition coefficient (Wildman–Crippen LogP) is 4.31. The third-order valence-corrected chi connectivity index (χ3v) is 4.57. The number of aliphatic hydroxyl groups excluding tert-OH is 1. The van der Waals surface area contributed by atoms with Crippen molar-refractivity contribution in [3.05, 3.63) is 41.0 Å². The van der Waals surface area contributed by atoms with E-state index in [0.717, 1.165) is 11.5 Å². The second-order valence-electron chi connectivity index (χ2n) is 5.70. The topological polar surface area (TPSA) is 20.2 Å². The van der Waals surface area contributed by atoms with Gasteiger partial charge in [-0.05, 0) is 60.8 Å². The monoisotopic (exact) mass is 242 g/mol. The van der Waals surface area contributed by atoms with E-state index in [0.29, 0.717) is 0 Å². The molecule has 0 aliphatic heterocycles. The minimum Gasteiger partial charge on any atom is -0.392 e. The number of allylic oxidation sites excluding steroid dienone is 2. The van der Waals surface area contributed by atoms with Crippen LogP contribution in [0.1, 0.15) is 56.1 Å². The van der Waals surface area contributed by atoms with E-state index in [4.69, 9.17) is 0 Å². The van der Waals surface area contributed by atoms with Gasteiger partial charge in [0, 0.05) is 0 Å². The molecule has 0 atom stereocenters. The summed E-state index contributed by atoms with van der Waals surface area (Å²) in [5.74, 6) is 0.861. The van der Waals surface area contributed by atoms with Crippen molar-refractivity contribution in [1.82, 2.24) is 0 Å². The lowest BCUT2D eigenvalue weighted by molar-refractivity contribution is 0.282. The Hall–Kier alpha value is -1.08. The lowest BCUT2D eigenvalue weighted by atomic mass is 9.91. The summed E-state index contributed by atoms with van der Waals surface area (Å²) in [6.45, 7) is 0.153. The molecule has 0 unspecified atom stereocenters. The first kappa shape index (κ1) is 12.0. The fourth-order valence-electron chi connectivity index (χ4n) is 3.68. The van der Waals surface area contributed by atoms with Crippen molar-refractivity contribution < 1.29 is 5.11 Å². The highest BCUT2D eigenvalue weighted by Gasteiger charge is 2.25.